The summed E-state index contributed by atoms with van der Waals surface area (Å²) in [4.78, 5) is 24.8. The lowest BCUT2D eigenvalue weighted by atomic mass is 10.2. The fourth-order valence-electron chi connectivity index (χ4n) is 0.951. The first-order valence-electron chi connectivity index (χ1n) is 4.51. The van der Waals surface area contributed by atoms with Crippen LogP contribution in [0.1, 0.15) is 5.56 Å². The van der Waals surface area contributed by atoms with Crippen LogP contribution in [0.3, 0.4) is 0 Å². The van der Waals surface area contributed by atoms with Crippen molar-refractivity contribution in [1.29, 1.82) is 0 Å². The second kappa shape index (κ2) is 6.41. The minimum atomic E-state index is -0.961. The Hall–Kier alpha value is -2.08. The molecular weight excluding hydrogens is 214 g/mol. The van der Waals surface area contributed by atoms with Crippen molar-refractivity contribution in [2.24, 2.45) is 0 Å². The summed E-state index contributed by atoms with van der Waals surface area (Å²) in [7, 11) is 0. The molecule has 0 aliphatic heterocycles. The van der Waals surface area contributed by atoms with Gasteiger partial charge >= 0.3 is 12.1 Å². The molecule has 6 nitrogen and oxygen atoms in total. The first-order valence-corrected chi connectivity index (χ1v) is 4.51. The molecule has 0 unspecified atom stereocenters. The Morgan fingerprint density at radius 2 is 1.94 bits per heavy atom. The van der Waals surface area contributed by atoms with Gasteiger partial charge in [-0.05, 0) is 5.56 Å². The monoisotopic (exact) mass is 225 g/mol. The summed E-state index contributed by atoms with van der Waals surface area (Å²) >= 11 is 0. The average Bonchev–Trinajstić information content (AvgIpc) is 2.34. The largest absolute Gasteiger partial charge is 0.445 e. The Morgan fingerprint density at radius 1 is 1.25 bits per heavy atom. The van der Waals surface area contributed by atoms with Gasteiger partial charge in [-0.25, -0.2) is 9.59 Å². The van der Waals surface area contributed by atoms with Crippen molar-refractivity contribution in [1.82, 2.24) is 5.32 Å². The maximum atomic E-state index is 11.0. The van der Waals surface area contributed by atoms with E-state index in [0.717, 1.165) is 5.56 Å². The van der Waals surface area contributed by atoms with Crippen LogP contribution in [0.2, 0.25) is 0 Å². The van der Waals surface area contributed by atoms with Crippen LogP contribution >= 0.6 is 0 Å². The molecule has 0 fully saturated rings. The Morgan fingerprint density at radius 3 is 2.56 bits per heavy atom. The predicted molar refractivity (Wildman–Crippen MR) is 53.4 cm³/mol. The van der Waals surface area contributed by atoms with Crippen LogP contribution in [0.4, 0.5) is 4.79 Å². The molecule has 1 aromatic rings. The maximum absolute atomic E-state index is 11.0. The van der Waals surface area contributed by atoms with Crippen LogP contribution in [-0.4, -0.2) is 23.9 Å². The molecule has 0 bridgehead atoms. The van der Waals surface area contributed by atoms with Crippen LogP contribution in [0.5, 0.6) is 0 Å². The molecule has 0 radical (unpaired) electrons. The smallest absolute Gasteiger partial charge is 0.407 e. The molecule has 1 amide bonds. The van der Waals surface area contributed by atoms with Crippen molar-refractivity contribution in [3.05, 3.63) is 35.9 Å². The standard InChI is InChI=1S/C10H11NO5/c12-9(16-14)6-11-10(13)15-7-8-4-2-1-3-5-8/h1-5,14H,6-7H2,(H,11,13). The quantitative estimate of drug-likeness (QED) is 0.588. The normalized spacial score (nSPS) is 9.31. The Bertz CT molecular complexity index is 351. The number of benzene rings is 1. The second-order valence-corrected chi connectivity index (χ2v) is 2.88. The lowest BCUT2D eigenvalue weighted by Gasteiger charge is -2.05. The number of nitrogens with one attached hydrogen (secondary N) is 1. The highest BCUT2D eigenvalue weighted by atomic mass is 17.1. The molecule has 16 heavy (non-hydrogen) atoms. The molecule has 86 valence electrons. The molecule has 6 heteroatoms. The highest BCUT2D eigenvalue weighted by Gasteiger charge is 2.06. The van der Waals surface area contributed by atoms with Crippen molar-refractivity contribution in [3.8, 4) is 0 Å². The number of alkyl carbamates (subject to hydrolysis) is 1. The number of rotatable bonds is 4. The molecule has 0 heterocycles. The molecule has 0 aliphatic carbocycles. The van der Waals surface area contributed by atoms with Gasteiger partial charge in [-0.2, -0.15) is 5.26 Å². The van der Waals surface area contributed by atoms with E-state index in [2.05, 4.69) is 10.2 Å². The fraction of sp³-hybridized carbons (Fsp3) is 0.200. The van der Waals surface area contributed by atoms with Gasteiger partial charge in [-0.3, -0.25) is 4.89 Å². The van der Waals surface area contributed by atoms with Crippen molar-refractivity contribution in [3.63, 3.8) is 0 Å². The van der Waals surface area contributed by atoms with E-state index in [1.807, 2.05) is 18.2 Å². The molecule has 1 rings (SSSR count). The van der Waals surface area contributed by atoms with Gasteiger partial charge in [0.05, 0.1) is 0 Å². The molecule has 0 saturated carbocycles. The van der Waals surface area contributed by atoms with E-state index in [-0.39, 0.29) is 6.61 Å². The van der Waals surface area contributed by atoms with Crippen LogP contribution in [-0.2, 0) is 21.0 Å². The predicted octanol–water partition coefficient (Wildman–Crippen LogP) is 0.929. The molecule has 0 aromatic heterocycles. The highest BCUT2D eigenvalue weighted by molar-refractivity contribution is 5.77. The van der Waals surface area contributed by atoms with Gasteiger partial charge < -0.3 is 10.1 Å². The molecule has 1 aromatic carbocycles. The fourth-order valence-corrected chi connectivity index (χ4v) is 0.951. The lowest BCUT2D eigenvalue weighted by Crippen LogP contribution is -2.30. The minimum absolute atomic E-state index is 0.112. The van der Waals surface area contributed by atoms with E-state index >= 15 is 0 Å². The first kappa shape index (κ1) is 12.0. The highest BCUT2D eigenvalue weighted by Crippen LogP contribution is 2.00. The van der Waals surface area contributed by atoms with Crippen molar-refractivity contribution in [2.45, 2.75) is 6.61 Å². The first-order chi connectivity index (χ1) is 7.72. The molecule has 2 N–H and O–H groups in total. The molecule has 0 aliphatic rings. The van der Waals surface area contributed by atoms with Crippen molar-refractivity contribution >= 4 is 12.1 Å². The average molecular weight is 225 g/mol. The van der Waals surface area contributed by atoms with E-state index in [9.17, 15) is 9.59 Å². The van der Waals surface area contributed by atoms with Gasteiger partial charge in [0.1, 0.15) is 13.2 Å². The van der Waals surface area contributed by atoms with Gasteiger partial charge in [-0.15, -0.1) is 0 Å². The van der Waals surface area contributed by atoms with E-state index < -0.39 is 18.6 Å². The summed E-state index contributed by atoms with van der Waals surface area (Å²) in [6.45, 7) is -0.328. The number of ether oxygens (including phenoxy) is 1. The van der Waals surface area contributed by atoms with Gasteiger partial charge in [-0.1, -0.05) is 30.3 Å². The van der Waals surface area contributed by atoms with E-state index in [1.165, 1.54) is 0 Å². The third kappa shape index (κ3) is 4.43. The maximum Gasteiger partial charge on any atom is 0.407 e. The summed E-state index contributed by atoms with van der Waals surface area (Å²) in [6, 6.07) is 9.09. The summed E-state index contributed by atoms with van der Waals surface area (Å²) in [5, 5.41) is 10.0. The van der Waals surface area contributed by atoms with E-state index in [0.29, 0.717) is 0 Å². The van der Waals surface area contributed by atoms with Crippen LogP contribution < -0.4 is 5.32 Å². The van der Waals surface area contributed by atoms with Gasteiger partial charge in [0, 0.05) is 0 Å². The van der Waals surface area contributed by atoms with Crippen LogP contribution in [0.15, 0.2) is 30.3 Å². The topological polar surface area (TPSA) is 84.9 Å². The van der Waals surface area contributed by atoms with Gasteiger partial charge in [0.25, 0.3) is 0 Å². The van der Waals surface area contributed by atoms with E-state index in [1.54, 1.807) is 12.1 Å². The summed E-state index contributed by atoms with van der Waals surface area (Å²) in [5.41, 5.74) is 0.836. The molecule has 0 atom stereocenters. The number of hydrogen-bond donors (Lipinski definition) is 2. The molecular formula is C10H11NO5. The summed E-state index contributed by atoms with van der Waals surface area (Å²) in [5.74, 6) is -0.961. The SMILES string of the molecule is O=C(CNC(=O)OCc1ccccc1)OO. The van der Waals surface area contributed by atoms with Gasteiger partial charge in [0.2, 0.25) is 0 Å². The Balaban J connectivity index is 2.23. The van der Waals surface area contributed by atoms with Crippen LogP contribution in [0, 0.1) is 0 Å². The second-order valence-electron chi connectivity index (χ2n) is 2.88. The Labute approximate surface area is 91.7 Å². The molecule has 0 spiro atoms. The minimum Gasteiger partial charge on any atom is -0.445 e. The number of hydrogen-bond acceptors (Lipinski definition) is 5. The summed E-state index contributed by atoms with van der Waals surface area (Å²) in [6.07, 6.45) is -0.755. The number of amides is 1. The third-order valence-corrected chi connectivity index (χ3v) is 1.69. The van der Waals surface area contributed by atoms with E-state index in [4.69, 9.17) is 9.99 Å². The van der Waals surface area contributed by atoms with Crippen LogP contribution in [0.25, 0.3) is 0 Å². The van der Waals surface area contributed by atoms with Crippen molar-refractivity contribution in [2.75, 3.05) is 6.54 Å². The van der Waals surface area contributed by atoms with Gasteiger partial charge in [0.15, 0.2) is 0 Å². The lowest BCUT2D eigenvalue weighted by molar-refractivity contribution is -0.232. The summed E-state index contributed by atoms with van der Waals surface area (Å²) < 4.78 is 4.78. The van der Waals surface area contributed by atoms with Crippen molar-refractivity contribution < 1.29 is 24.5 Å². The number of carbonyl (C=O) groups excluding carboxylic acids is 2. The zero-order valence-corrected chi connectivity index (χ0v) is 8.38. The number of carbonyl (C=O) groups is 2. The third-order valence-electron chi connectivity index (χ3n) is 1.69. The zero-order chi connectivity index (χ0) is 11.8. The molecule has 0 saturated heterocycles. The zero-order valence-electron chi connectivity index (χ0n) is 8.38. The Kier molecular flexibility index (Phi) is 4.81.